The lowest BCUT2D eigenvalue weighted by atomic mass is 10.1. The molecule has 1 amide bonds. The zero-order valence-electron chi connectivity index (χ0n) is 14.1. The van der Waals surface area contributed by atoms with Crippen LogP contribution in [0.15, 0.2) is 37.3 Å². The zero-order valence-corrected chi connectivity index (χ0v) is 14.1. The van der Waals surface area contributed by atoms with Crippen molar-refractivity contribution in [3.05, 3.63) is 37.3 Å². The first-order chi connectivity index (χ1) is 12.8. The second kappa shape index (κ2) is 6.01. The molecule has 5 rings (SSSR count). The van der Waals surface area contributed by atoms with Gasteiger partial charge in [-0.15, -0.1) is 0 Å². The van der Waals surface area contributed by atoms with Crippen LogP contribution in [0.5, 0.6) is 0 Å². The van der Waals surface area contributed by atoms with Crippen LogP contribution in [-0.4, -0.2) is 65.7 Å². The molecule has 26 heavy (non-hydrogen) atoms. The van der Waals surface area contributed by atoms with Crippen molar-refractivity contribution in [2.75, 3.05) is 18.0 Å². The zero-order chi connectivity index (χ0) is 17.5. The van der Waals surface area contributed by atoms with Crippen molar-refractivity contribution in [2.45, 2.75) is 31.5 Å². The molecule has 0 aromatic carbocycles. The fourth-order valence-corrected chi connectivity index (χ4v) is 4.07. The lowest BCUT2D eigenvalue weighted by Gasteiger charge is -2.41. The number of hydrogen-bond acceptors (Lipinski definition) is 7. The van der Waals surface area contributed by atoms with Gasteiger partial charge < -0.3 is 9.80 Å². The molecule has 132 valence electrons. The summed E-state index contributed by atoms with van der Waals surface area (Å²) in [6, 6.07) is 4.35. The van der Waals surface area contributed by atoms with E-state index in [-0.39, 0.29) is 24.5 Å². The van der Waals surface area contributed by atoms with Gasteiger partial charge in [-0.1, -0.05) is 0 Å². The van der Waals surface area contributed by atoms with Crippen molar-refractivity contribution in [3.8, 4) is 0 Å². The molecule has 0 saturated carbocycles. The van der Waals surface area contributed by atoms with E-state index in [1.54, 1.807) is 23.5 Å². The van der Waals surface area contributed by atoms with E-state index < -0.39 is 0 Å². The Morgan fingerprint density at radius 2 is 1.96 bits per heavy atom. The summed E-state index contributed by atoms with van der Waals surface area (Å²) in [6.45, 7) is 1.63. The maximum atomic E-state index is 12.6. The number of piperazine rings is 1. The number of aromatic nitrogens is 6. The van der Waals surface area contributed by atoms with Gasteiger partial charge in [0.2, 0.25) is 5.91 Å². The first-order valence-electron chi connectivity index (χ1n) is 8.74. The molecule has 2 fully saturated rings. The average molecular weight is 350 g/mol. The number of rotatable bonds is 3. The van der Waals surface area contributed by atoms with Gasteiger partial charge >= 0.3 is 0 Å². The minimum atomic E-state index is 0.0812. The highest BCUT2D eigenvalue weighted by molar-refractivity contribution is 5.86. The number of fused-ring (bicyclic) bond motifs is 3. The number of pyridine rings is 1. The Balaban J connectivity index is 1.40. The minimum Gasteiger partial charge on any atom is -0.345 e. The first-order valence-corrected chi connectivity index (χ1v) is 8.74. The van der Waals surface area contributed by atoms with Gasteiger partial charge in [0.05, 0.1) is 5.52 Å². The Hall–Kier alpha value is -3.10. The van der Waals surface area contributed by atoms with Crippen molar-refractivity contribution in [3.63, 3.8) is 0 Å². The number of likely N-dealkylation sites (tertiary alicyclic amines) is 1. The van der Waals surface area contributed by atoms with Crippen LogP contribution in [0.3, 0.4) is 0 Å². The lowest BCUT2D eigenvalue weighted by molar-refractivity contribution is -0.133. The van der Waals surface area contributed by atoms with Crippen molar-refractivity contribution in [1.29, 1.82) is 0 Å². The fraction of sp³-hybridized carbons (Fsp3) is 0.412. The van der Waals surface area contributed by atoms with Gasteiger partial charge in [-0.05, 0) is 25.0 Å². The maximum Gasteiger partial charge on any atom is 0.244 e. The Bertz CT molecular complexity index is 924. The van der Waals surface area contributed by atoms with Crippen molar-refractivity contribution in [2.24, 2.45) is 0 Å². The van der Waals surface area contributed by atoms with E-state index in [9.17, 15) is 4.79 Å². The number of hydrogen-bond donors (Lipinski definition) is 0. The van der Waals surface area contributed by atoms with Crippen LogP contribution in [0.4, 0.5) is 5.82 Å². The number of carbonyl (C=O) groups is 1. The van der Waals surface area contributed by atoms with E-state index in [0.29, 0.717) is 13.1 Å². The van der Waals surface area contributed by atoms with E-state index in [2.05, 4.69) is 29.9 Å². The molecule has 9 heteroatoms. The number of amides is 1. The van der Waals surface area contributed by atoms with Crippen LogP contribution in [0.25, 0.3) is 11.0 Å². The lowest BCUT2D eigenvalue weighted by Crippen LogP contribution is -2.56. The Morgan fingerprint density at radius 3 is 2.73 bits per heavy atom. The van der Waals surface area contributed by atoms with E-state index >= 15 is 0 Å². The average Bonchev–Trinajstić information content (AvgIpc) is 3.26. The summed E-state index contributed by atoms with van der Waals surface area (Å²) >= 11 is 0. The van der Waals surface area contributed by atoms with Gasteiger partial charge in [0.1, 0.15) is 31.0 Å². The van der Waals surface area contributed by atoms with E-state index in [4.69, 9.17) is 0 Å². The minimum absolute atomic E-state index is 0.0812. The predicted octanol–water partition coefficient (Wildman–Crippen LogP) is 0.496. The van der Waals surface area contributed by atoms with Gasteiger partial charge in [0, 0.05) is 31.4 Å². The van der Waals surface area contributed by atoms with Crippen LogP contribution in [0, 0.1) is 0 Å². The molecule has 0 spiro atoms. The van der Waals surface area contributed by atoms with Crippen LogP contribution >= 0.6 is 0 Å². The maximum absolute atomic E-state index is 12.6. The monoisotopic (exact) mass is 350 g/mol. The molecule has 2 aliphatic rings. The van der Waals surface area contributed by atoms with E-state index in [0.717, 1.165) is 29.7 Å². The summed E-state index contributed by atoms with van der Waals surface area (Å²) in [6.07, 6.45) is 8.49. The van der Waals surface area contributed by atoms with Crippen LogP contribution in [0.1, 0.15) is 12.8 Å². The molecule has 5 heterocycles. The molecule has 2 saturated heterocycles. The quantitative estimate of drug-likeness (QED) is 0.679. The summed E-state index contributed by atoms with van der Waals surface area (Å²) in [5.74, 6) is 0.962. The second-order valence-corrected chi connectivity index (χ2v) is 6.75. The molecule has 0 N–H and O–H groups in total. The largest absolute Gasteiger partial charge is 0.345 e. The molecule has 3 aromatic rings. The molecule has 3 aromatic heterocycles. The molecule has 2 aliphatic heterocycles. The molecular weight excluding hydrogens is 332 g/mol. The molecule has 0 radical (unpaired) electrons. The predicted molar refractivity (Wildman–Crippen MR) is 93.2 cm³/mol. The Kier molecular flexibility index (Phi) is 3.51. The van der Waals surface area contributed by atoms with Crippen LogP contribution in [0.2, 0.25) is 0 Å². The van der Waals surface area contributed by atoms with Crippen LogP contribution in [-0.2, 0) is 11.3 Å². The highest BCUT2D eigenvalue weighted by Crippen LogP contribution is 2.36. The normalized spacial score (nSPS) is 22.2. The molecular formula is C17H18N8O. The smallest absolute Gasteiger partial charge is 0.244 e. The molecule has 2 bridgehead atoms. The summed E-state index contributed by atoms with van der Waals surface area (Å²) in [5, 5.41) is 4.02. The van der Waals surface area contributed by atoms with E-state index in [1.165, 1.54) is 6.33 Å². The molecule has 9 nitrogen and oxygen atoms in total. The summed E-state index contributed by atoms with van der Waals surface area (Å²) in [4.78, 5) is 34.1. The standard InChI is InChI=1S/C17H18N8O/c26-15(8-24-11-18-9-22-24)23-6-12-3-4-13(7-23)25(12)17-16-14(20-10-21-17)2-1-5-19-16/h1-2,5,9-13H,3-4,6-8H2. The first kappa shape index (κ1) is 15.2. The third-order valence-corrected chi connectivity index (χ3v) is 5.22. The second-order valence-electron chi connectivity index (χ2n) is 6.75. The van der Waals surface area contributed by atoms with Crippen molar-refractivity contribution in [1.82, 2.24) is 34.6 Å². The highest BCUT2D eigenvalue weighted by atomic mass is 16.2. The third-order valence-electron chi connectivity index (χ3n) is 5.22. The van der Waals surface area contributed by atoms with Gasteiger partial charge in [0.25, 0.3) is 0 Å². The van der Waals surface area contributed by atoms with Gasteiger partial charge in [-0.25, -0.2) is 19.6 Å². The van der Waals surface area contributed by atoms with Gasteiger partial charge in [0.15, 0.2) is 5.82 Å². The van der Waals surface area contributed by atoms with Gasteiger partial charge in [-0.2, -0.15) is 5.10 Å². The van der Waals surface area contributed by atoms with E-state index in [1.807, 2.05) is 17.0 Å². The number of anilines is 1. The van der Waals surface area contributed by atoms with Crippen LogP contribution < -0.4 is 4.90 Å². The topological polar surface area (TPSA) is 92.9 Å². The summed E-state index contributed by atoms with van der Waals surface area (Å²) in [5.41, 5.74) is 1.68. The Morgan fingerprint density at radius 1 is 1.12 bits per heavy atom. The molecule has 0 aliphatic carbocycles. The highest BCUT2D eigenvalue weighted by Gasteiger charge is 2.42. The van der Waals surface area contributed by atoms with Crippen molar-refractivity contribution >= 4 is 22.8 Å². The third kappa shape index (κ3) is 2.47. The number of carbonyl (C=O) groups excluding carboxylic acids is 1. The summed E-state index contributed by atoms with van der Waals surface area (Å²) < 4.78 is 1.57. The van der Waals surface area contributed by atoms with Crippen molar-refractivity contribution < 1.29 is 4.79 Å². The molecule has 2 atom stereocenters. The molecule has 2 unspecified atom stereocenters. The summed E-state index contributed by atoms with van der Waals surface area (Å²) in [7, 11) is 0. The van der Waals surface area contributed by atoms with Gasteiger partial charge in [-0.3, -0.25) is 9.78 Å². The number of nitrogens with zero attached hydrogens (tertiary/aromatic N) is 8. The Labute approximate surface area is 149 Å². The fourth-order valence-electron chi connectivity index (χ4n) is 4.07. The SMILES string of the molecule is O=C(Cn1cncn1)N1CC2CCC(C1)N2c1ncnc2cccnc12.